The average Bonchev–Trinajstić information content (AvgIpc) is 2.30. The van der Waals surface area contributed by atoms with Crippen LogP contribution in [0.1, 0.15) is 13.8 Å². The molecule has 0 fully saturated rings. The number of carboxylic acids is 1. The van der Waals surface area contributed by atoms with Crippen molar-refractivity contribution in [3.8, 4) is 0 Å². The molecule has 0 saturated heterocycles. The van der Waals surface area contributed by atoms with Crippen LogP contribution in [0.15, 0.2) is 30.3 Å². The summed E-state index contributed by atoms with van der Waals surface area (Å²) in [6, 6.07) is 9.06. The highest BCUT2D eigenvalue weighted by molar-refractivity contribution is 6.05. The van der Waals surface area contributed by atoms with Gasteiger partial charge in [-0.3, -0.25) is 9.59 Å². The molecule has 0 aliphatic heterocycles. The number of nitrogens with zero attached hydrogens (tertiary/aromatic N) is 1. The third kappa shape index (κ3) is 2.59. The number of rotatable bonds is 4. The predicted octanol–water partition coefficient (Wildman–Crippen LogP) is 1.76. The van der Waals surface area contributed by atoms with Crippen LogP contribution in [0.2, 0.25) is 0 Å². The number of aliphatic carboxylic acids is 1. The Kier molecular flexibility index (Phi) is 4.05. The summed E-state index contributed by atoms with van der Waals surface area (Å²) in [4.78, 5) is 24.1. The summed E-state index contributed by atoms with van der Waals surface area (Å²) in [6.45, 7) is 3.68. The van der Waals surface area contributed by atoms with Gasteiger partial charge in [0.2, 0.25) is 5.91 Å². The van der Waals surface area contributed by atoms with E-state index in [4.69, 9.17) is 5.11 Å². The number of hydrogen-bond donors (Lipinski definition) is 1. The molecule has 1 amide bonds. The molecule has 4 nitrogen and oxygen atoms in total. The van der Waals surface area contributed by atoms with Crippen LogP contribution in [0.5, 0.6) is 0 Å². The van der Waals surface area contributed by atoms with E-state index in [1.165, 1.54) is 11.8 Å². The van der Waals surface area contributed by atoms with Crippen LogP contribution in [-0.2, 0) is 9.59 Å². The Morgan fingerprint density at radius 1 is 1.31 bits per heavy atom. The Labute approximate surface area is 94.5 Å². The van der Waals surface area contributed by atoms with Crippen LogP contribution in [0.4, 0.5) is 5.69 Å². The molecule has 0 aliphatic rings. The van der Waals surface area contributed by atoms with E-state index in [1.807, 2.05) is 25.1 Å². The van der Waals surface area contributed by atoms with Gasteiger partial charge in [0.05, 0.1) is 0 Å². The average molecular weight is 221 g/mol. The van der Waals surface area contributed by atoms with Gasteiger partial charge in [0.1, 0.15) is 5.92 Å². The van der Waals surface area contributed by atoms with Crippen LogP contribution in [0, 0.1) is 5.92 Å². The minimum Gasteiger partial charge on any atom is -0.481 e. The van der Waals surface area contributed by atoms with Crippen molar-refractivity contribution in [3.63, 3.8) is 0 Å². The molecule has 1 aromatic rings. The monoisotopic (exact) mass is 221 g/mol. The van der Waals surface area contributed by atoms with Gasteiger partial charge in [0.25, 0.3) is 0 Å². The van der Waals surface area contributed by atoms with E-state index in [1.54, 1.807) is 12.1 Å². The lowest BCUT2D eigenvalue weighted by atomic mass is 10.1. The number of carbonyl (C=O) groups is 2. The maximum atomic E-state index is 11.9. The van der Waals surface area contributed by atoms with Gasteiger partial charge in [-0.15, -0.1) is 0 Å². The first kappa shape index (κ1) is 12.2. The Morgan fingerprint density at radius 3 is 2.31 bits per heavy atom. The quantitative estimate of drug-likeness (QED) is 0.788. The molecule has 0 aromatic heterocycles. The number of benzene rings is 1. The summed E-state index contributed by atoms with van der Waals surface area (Å²) >= 11 is 0. The molecule has 1 rings (SSSR count). The molecule has 0 spiro atoms. The van der Waals surface area contributed by atoms with E-state index >= 15 is 0 Å². The van der Waals surface area contributed by atoms with E-state index in [-0.39, 0.29) is 5.91 Å². The summed E-state index contributed by atoms with van der Waals surface area (Å²) in [7, 11) is 0. The molecule has 16 heavy (non-hydrogen) atoms. The molecule has 1 atom stereocenters. The number of carbonyl (C=O) groups excluding carboxylic acids is 1. The van der Waals surface area contributed by atoms with Crippen molar-refractivity contribution < 1.29 is 14.7 Å². The maximum Gasteiger partial charge on any atom is 0.315 e. The highest BCUT2D eigenvalue weighted by Crippen LogP contribution is 2.15. The lowest BCUT2D eigenvalue weighted by molar-refractivity contribution is -0.145. The van der Waals surface area contributed by atoms with E-state index in [9.17, 15) is 9.59 Å². The smallest absolute Gasteiger partial charge is 0.315 e. The van der Waals surface area contributed by atoms with E-state index in [0.717, 1.165) is 5.69 Å². The molecule has 1 aromatic carbocycles. The maximum absolute atomic E-state index is 11.9. The Bertz CT molecular complexity index is 375. The third-order valence-electron chi connectivity index (χ3n) is 2.39. The molecule has 0 saturated carbocycles. The molecule has 0 bridgehead atoms. The fourth-order valence-electron chi connectivity index (χ4n) is 1.41. The largest absolute Gasteiger partial charge is 0.481 e. The van der Waals surface area contributed by atoms with Crippen molar-refractivity contribution in [1.82, 2.24) is 0 Å². The zero-order chi connectivity index (χ0) is 12.1. The first-order valence-electron chi connectivity index (χ1n) is 5.17. The van der Waals surface area contributed by atoms with Crippen LogP contribution in [0.25, 0.3) is 0 Å². The molecule has 4 heteroatoms. The zero-order valence-electron chi connectivity index (χ0n) is 9.38. The number of hydrogen-bond acceptors (Lipinski definition) is 2. The van der Waals surface area contributed by atoms with Gasteiger partial charge < -0.3 is 10.0 Å². The normalized spacial score (nSPS) is 11.9. The van der Waals surface area contributed by atoms with E-state index < -0.39 is 11.9 Å². The van der Waals surface area contributed by atoms with Crippen molar-refractivity contribution >= 4 is 17.6 Å². The Morgan fingerprint density at radius 2 is 1.88 bits per heavy atom. The molecule has 0 heterocycles. The first-order valence-corrected chi connectivity index (χ1v) is 5.17. The molecule has 0 radical (unpaired) electrons. The number of amides is 1. The van der Waals surface area contributed by atoms with Gasteiger partial charge in [-0.05, 0) is 26.0 Å². The fourth-order valence-corrected chi connectivity index (χ4v) is 1.41. The van der Waals surface area contributed by atoms with Crippen LogP contribution in [0.3, 0.4) is 0 Å². The molecular formula is C12H15NO3. The highest BCUT2D eigenvalue weighted by atomic mass is 16.4. The van der Waals surface area contributed by atoms with Gasteiger partial charge >= 0.3 is 5.97 Å². The minimum atomic E-state index is -1.10. The third-order valence-corrected chi connectivity index (χ3v) is 2.39. The van der Waals surface area contributed by atoms with Crippen molar-refractivity contribution in [3.05, 3.63) is 30.3 Å². The summed E-state index contributed by atoms with van der Waals surface area (Å²) in [5, 5.41) is 8.80. The Hall–Kier alpha value is -1.84. The van der Waals surface area contributed by atoms with Gasteiger partial charge in [-0.2, -0.15) is 0 Å². The number of carboxylic acid groups (broad SMARTS) is 1. The molecule has 0 aliphatic carbocycles. The molecule has 1 unspecified atom stereocenters. The summed E-state index contributed by atoms with van der Waals surface area (Å²) in [5.41, 5.74) is 0.725. The van der Waals surface area contributed by atoms with Gasteiger partial charge in [0, 0.05) is 12.2 Å². The zero-order valence-corrected chi connectivity index (χ0v) is 9.38. The van der Waals surface area contributed by atoms with Gasteiger partial charge in [-0.25, -0.2) is 0 Å². The van der Waals surface area contributed by atoms with Crippen LogP contribution < -0.4 is 4.90 Å². The molecule has 86 valence electrons. The summed E-state index contributed by atoms with van der Waals surface area (Å²) in [5.74, 6) is -2.50. The van der Waals surface area contributed by atoms with Crippen LogP contribution >= 0.6 is 0 Å². The van der Waals surface area contributed by atoms with Crippen molar-refractivity contribution in [2.24, 2.45) is 5.92 Å². The predicted molar refractivity (Wildman–Crippen MR) is 61.3 cm³/mol. The summed E-state index contributed by atoms with van der Waals surface area (Å²) < 4.78 is 0. The van der Waals surface area contributed by atoms with E-state index in [2.05, 4.69) is 0 Å². The Balaban J connectivity index is 2.91. The lowest BCUT2D eigenvalue weighted by Gasteiger charge is -2.22. The number of para-hydroxylation sites is 1. The second-order valence-electron chi connectivity index (χ2n) is 3.48. The molecular weight excluding hydrogens is 206 g/mol. The SMILES string of the molecule is CCN(C(=O)C(C)C(=O)O)c1ccccc1. The molecule has 1 N–H and O–H groups in total. The van der Waals surface area contributed by atoms with Gasteiger partial charge in [0.15, 0.2) is 0 Å². The minimum absolute atomic E-state index is 0.388. The van der Waals surface area contributed by atoms with Crippen molar-refractivity contribution in [1.29, 1.82) is 0 Å². The van der Waals surface area contributed by atoms with Gasteiger partial charge in [-0.1, -0.05) is 18.2 Å². The second kappa shape index (κ2) is 5.30. The first-order chi connectivity index (χ1) is 7.57. The summed E-state index contributed by atoms with van der Waals surface area (Å²) in [6.07, 6.45) is 0. The topological polar surface area (TPSA) is 57.6 Å². The lowest BCUT2D eigenvalue weighted by Crippen LogP contribution is -2.38. The van der Waals surface area contributed by atoms with E-state index in [0.29, 0.717) is 6.54 Å². The number of anilines is 1. The van der Waals surface area contributed by atoms with Crippen molar-refractivity contribution in [2.75, 3.05) is 11.4 Å². The van der Waals surface area contributed by atoms with Crippen molar-refractivity contribution in [2.45, 2.75) is 13.8 Å². The fraction of sp³-hybridized carbons (Fsp3) is 0.333. The van der Waals surface area contributed by atoms with Crippen LogP contribution in [-0.4, -0.2) is 23.5 Å². The highest BCUT2D eigenvalue weighted by Gasteiger charge is 2.25. The standard InChI is InChI=1S/C12H15NO3/c1-3-13(10-7-5-4-6-8-10)11(14)9(2)12(15)16/h4-9H,3H2,1-2H3,(H,15,16). The second-order valence-corrected chi connectivity index (χ2v) is 3.48.